The highest BCUT2D eigenvalue weighted by atomic mass is 35.5. The molecule has 0 unspecified atom stereocenters. The van der Waals surface area contributed by atoms with E-state index < -0.39 is 31.9 Å². The van der Waals surface area contributed by atoms with Gasteiger partial charge in [0.05, 0.1) is 4.92 Å². The van der Waals surface area contributed by atoms with Crippen molar-refractivity contribution in [1.82, 2.24) is 4.72 Å². The summed E-state index contributed by atoms with van der Waals surface area (Å²) in [6.07, 6.45) is 0.111. The topological polar surface area (TPSA) is 127 Å². The van der Waals surface area contributed by atoms with Crippen molar-refractivity contribution >= 4 is 44.6 Å². The van der Waals surface area contributed by atoms with E-state index >= 15 is 0 Å². The Labute approximate surface area is 192 Å². The Morgan fingerprint density at radius 2 is 1.88 bits per heavy atom. The van der Waals surface area contributed by atoms with E-state index in [1.807, 2.05) is 0 Å². The minimum Gasteiger partial charge on any atom is -0.480 e. The number of benzene rings is 2. The molecule has 166 valence electrons. The van der Waals surface area contributed by atoms with Gasteiger partial charge in [0.2, 0.25) is 0 Å². The van der Waals surface area contributed by atoms with Crippen LogP contribution in [0.4, 0.5) is 5.69 Å². The largest absolute Gasteiger partial charge is 0.480 e. The number of carboxylic acid groups (broad SMARTS) is 1. The third-order valence-corrected chi connectivity index (χ3v) is 9.23. The molecule has 1 aliphatic rings. The summed E-state index contributed by atoms with van der Waals surface area (Å²) < 4.78 is 28.5. The van der Waals surface area contributed by atoms with Gasteiger partial charge in [-0.3, -0.25) is 14.9 Å². The summed E-state index contributed by atoms with van der Waals surface area (Å²) in [4.78, 5) is 23.1. The average Bonchev–Trinajstić information content (AvgIpc) is 3.11. The second-order valence-electron chi connectivity index (χ2n) is 7.73. The van der Waals surface area contributed by atoms with Crippen LogP contribution < -0.4 is 4.72 Å². The number of hydrogen-bond donors (Lipinski definition) is 2. The number of nitrogens with zero attached hydrogens (tertiary/aromatic N) is 1. The molecule has 1 aromatic heterocycles. The Morgan fingerprint density at radius 1 is 1.19 bits per heavy atom. The number of nitrogens with one attached hydrogen (secondary N) is 1. The highest BCUT2D eigenvalue weighted by Gasteiger charge is 2.72. The molecule has 8 nitrogen and oxygen atoms in total. The van der Waals surface area contributed by atoms with Gasteiger partial charge in [0.1, 0.15) is 14.8 Å². The van der Waals surface area contributed by atoms with Crippen LogP contribution in [0.5, 0.6) is 0 Å². The Bertz CT molecular complexity index is 1340. The molecule has 0 spiro atoms. The lowest BCUT2D eigenvalue weighted by molar-refractivity contribution is -0.384. The number of halogens is 1. The first kappa shape index (κ1) is 22.4. The number of nitro groups is 1. The van der Waals surface area contributed by atoms with Crippen LogP contribution in [-0.2, 0) is 20.2 Å². The van der Waals surface area contributed by atoms with E-state index in [1.54, 1.807) is 43.3 Å². The molecule has 0 bridgehead atoms. The monoisotopic (exact) mass is 492 g/mol. The van der Waals surface area contributed by atoms with Gasteiger partial charge < -0.3 is 5.11 Å². The van der Waals surface area contributed by atoms with Gasteiger partial charge in [-0.2, -0.15) is 4.72 Å². The van der Waals surface area contributed by atoms with Crippen LogP contribution in [-0.4, -0.2) is 30.0 Å². The van der Waals surface area contributed by atoms with Gasteiger partial charge in [-0.15, -0.1) is 11.3 Å². The van der Waals surface area contributed by atoms with E-state index in [9.17, 15) is 28.4 Å². The highest BCUT2D eigenvalue weighted by Crippen LogP contribution is 2.58. The van der Waals surface area contributed by atoms with Crippen molar-refractivity contribution in [2.45, 2.75) is 28.5 Å². The first-order valence-electron chi connectivity index (χ1n) is 9.37. The van der Waals surface area contributed by atoms with Gasteiger partial charge in [-0.1, -0.05) is 54.9 Å². The molecule has 0 radical (unpaired) electrons. The number of carboxylic acids is 1. The third-order valence-electron chi connectivity index (χ3n) is 5.79. The summed E-state index contributed by atoms with van der Waals surface area (Å²) in [6.45, 7) is 1.71. The van der Waals surface area contributed by atoms with Crippen molar-refractivity contribution in [3.8, 4) is 10.4 Å². The predicted octanol–water partition coefficient (Wildman–Crippen LogP) is 4.44. The highest BCUT2D eigenvalue weighted by molar-refractivity contribution is 7.91. The molecule has 0 aliphatic heterocycles. The van der Waals surface area contributed by atoms with Crippen LogP contribution in [0.2, 0.25) is 5.02 Å². The molecule has 3 aromatic rings. The lowest BCUT2D eigenvalue weighted by Gasteiger charge is -2.20. The summed E-state index contributed by atoms with van der Waals surface area (Å²) in [7, 11) is -4.17. The van der Waals surface area contributed by atoms with E-state index in [1.165, 1.54) is 24.3 Å². The number of rotatable bonds is 7. The van der Waals surface area contributed by atoms with E-state index in [2.05, 4.69) is 4.72 Å². The fourth-order valence-electron chi connectivity index (χ4n) is 3.85. The van der Waals surface area contributed by atoms with Gasteiger partial charge >= 0.3 is 5.97 Å². The Balaban J connectivity index is 1.66. The maximum atomic E-state index is 13.1. The molecule has 4 rings (SSSR count). The number of sulfonamides is 1. The zero-order valence-corrected chi connectivity index (χ0v) is 19.0. The summed E-state index contributed by atoms with van der Waals surface area (Å²) in [6, 6.07) is 16.0. The minimum absolute atomic E-state index is 0.0258. The van der Waals surface area contributed by atoms with Crippen molar-refractivity contribution in [2.24, 2.45) is 0 Å². The predicted molar refractivity (Wildman–Crippen MR) is 121 cm³/mol. The molecular formula is C21H17ClN2O6S2. The van der Waals surface area contributed by atoms with Crippen molar-refractivity contribution in [1.29, 1.82) is 0 Å². The Kier molecular flexibility index (Phi) is 5.36. The standard InChI is InChI=1S/C21H17ClN2O6S2/c1-20(14-5-3-2-4-6-14)12-21(20,19(25)26)23-32(29,30)18-10-9-17(31-18)13-7-8-15(22)16(11-13)24(27)28/h2-11,23H,12H2,1H3,(H,25,26)/t20-,21-/m1/s1. The molecule has 1 saturated carbocycles. The normalized spacial score (nSPS) is 22.4. The van der Waals surface area contributed by atoms with E-state index in [0.29, 0.717) is 10.4 Å². The van der Waals surface area contributed by atoms with Gasteiger partial charge in [0.15, 0.2) is 0 Å². The van der Waals surface area contributed by atoms with Crippen LogP contribution >= 0.6 is 22.9 Å². The maximum Gasteiger partial charge on any atom is 0.325 e. The summed E-state index contributed by atoms with van der Waals surface area (Å²) >= 11 is 6.73. The fourth-order valence-corrected chi connectivity index (χ4v) is 6.79. The molecule has 1 fully saturated rings. The van der Waals surface area contributed by atoms with Gasteiger partial charge in [-0.05, 0) is 35.7 Å². The third kappa shape index (κ3) is 3.58. The number of thiophene rings is 1. The number of nitro benzene ring substituents is 1. The van der Waals surface area contributed by atoms with Crippen molar-refractivity contribution in [2.75, 3.05) is 0 Å². The number of hydrogen-bond acceptors (Lipinski definition) is 6. The molecule has 1 heterocycles. The maximum absolute atomic E-state index is 13.1. The van der Waals surface area contributed by atoms with E-state index in [4.69, 9.17) is 11.6 Å². The summed E-state index contributed by atoms with van der Waals surface area (Å²) in [5.74, 6) is -1.25. The second-order valence-corrected chi connectivity index (χ2v) is 11.1. The smallest absolute Gasteiger partial charge is 0.325 e. The lowest BCUT2D eigenvalue weighted by atomic mass is 9.93. The molecule has 11 heteroatoms. The van der Waals surface area contributed by atoms with E-state index in [0.717, 1.165) is 16.9 Å². The molecule has 0 amide bonds. The van der Waals surface area contributed by atoms with Crippen LogP contribution in [0.1, 0.15) is 18.9 Å². The first-order chi connectivity index (χ1) is 15.0. The fraction of sp³-hybridized carbons (Fsp3) is 0.190. The molecular weight excluding hydrogens is 476 g/mol. The molecule has 32 heavy (non-hydrogen) atoms. The number of carbonyl (C=O) groups is 1. The molecule has 1 aliphatic carbocycles. The quantitative estimate of drug-likeness (QED) is 0.371. The Morgan fingerprint density at radius 3 is 2.50 bits per heavy atom. The molecule has 2 atom stereocenters. The van der Waals surface area contributed by atoms with Crippen molar-refractivity contribution in [3.63, 3.8) is 0 Å². The Hall–Kier alpha value is -2.79. The summed E-state index contributed by atoms with van der Waals surface area (Å²) in [5, 5.41) is 21.0. The van der Waals surface area contributed by atoms with Crippen molar-refractivity contribution in [3.05, 3.63) is 81.4 Å². The van der Waals surface area contributed by atoms with Crippen LogP contribution in [0.25, 0.3) is 10.4 Å². The lowest BCUT2D eigenvalue weighted by Crippen LogP contribution is -2.47. The van der Waals surface area contributed by atoms with Gasteiger partial charge in [-0.25, -0.2) is 8.42 Å². The first-order valence-corrected chi connectivity index (χ1v) is 12.0. The van der Waals surface area contributed by atoms with Crippen LogP contribution in [0.3, 0.4) is 0 Å². The van der Waals surface area contributed by atoms with Crippen molar-refractivity contribution < 1.29 is 23.2 Å². The van der Waals surface area contributed by atoms with Crippen LogP contribution in [0.15, 0.2) is 64.9 Å². The average molecular weight is 493 g/mol. The number of aliphatic carboxylic acids is 1. The zero-order chi connectivity index (χ0) is 23.3. The molecule has 2 N–H and O–H groups in total. The SMILES string of the molecule is C[C@]1(c2ccccc2)C[C@@]1(NS(=O)(=O)c1ccc(-c2ccc(Cl)c([N+](=O)[O-])c2)s1)C(=O)O. The van der Waals surface area contributed by atoms with Crippen LogP contribution in [0, 0.1) is 10.1 Å². The molecule has 0 saturated heterocycles. The minimum atomic E-state index is -4.17. The molecule has 2 aromatic carbocycles. The van der Waals surface area contributed by atoms with Gasteiger partial charge in [0, 0.05) is 16.4 Å². The second kappa shape index (κ2) is 7.66. The van der Waals surface area contributed by atoms with E-state index in [-0.39, 0.29) is 21.3 Å². The summed E-state index contributed by atoms with van der Waals surface area (Å²) in [5.41, 5.74) is -1.70. The van der Waals surface area contributed by atoms with Gasteiger partial charge in [0.25, 0.3) is 15.7 Å². The zero-order valence-electron chi connectivity index (χ0n) is 16.6.